The minimum absolute atomic E-state index is 0.282. The average Bonchev–Trinajstić information content (AvgIpc) is 2.36. The summed E-state index contributed by atoms with van der Waals surface area (Å²) in [5.74, 6) is 1.74. The molecule has 0 amide bonds. The van der Waals surface area contributed by atoms with Crippen molar-refractivity contribution in [2.45, 2.75) is 85.2 Å². The molecule has 1 N–H and O–H groups in total. The standard InChI is InChI=1S/C20H35ClO/c1-15(10-14-21)7-8-17-19(4)12-6-11-18(2,3)16(19)9-13-20(17,5)22/h10,16-17,22H,6-9,11-14H2,1-5H3. The Morgan fingerprint density at radius 2 is 1.86 bits per heavy atom. The maximum absolute atomic E-state index is 11.1. The Labute approximate surface area is 142 Å². The highest BCUT2D eigenvalue weighted by Gasteiger charge is 2.57. The molecule has 4 atom stereocenters. The fraction of sp³-hybridized carbons (Fsp3) is 0.900. The number of alkyl halides is 1. The van der Waals surface area contributed by atoms with E-state index in [0.29, 0.717) is 17.2 Å². The Balaban J connectivity index is 2.24. The van der Waals surface area contributed by atoms with Crippen LogP contribution in [-0.2, 0) is 0 Å². The first-order valence-electron chi connectivity index (χ1n) is 9.07. The summed E-state index contributed by atoms with van der Waals surface area (Å²) >= 11 is 5.82. The highest BCUT2D eigenvalue weighted by atomic mass is 35.5. The van der Waals surface area contributed by atoms with Gasteiger partial charge in [0, 0.05) is 5.88 Å². The number of fused-ring (bicyclic) bond motifs is 1. The molecule has 0 radical (unpaired) electrons. The van der Waals surface area contributed by atoms with E-state index in [2.05, 4.69) is 40.7 Å². The van der Waals surface area contributed by atoms with Gasteiger partial charge >= 0.3 is 0 Å². The lowest BCUT2D eigenvalue weighted by atomic mass is 9.45. The van der Waals surface area contributed by atoms with E-state index in [1.165, 1.54) is 31.3 Å². The molecule has 22 heavy (non-hydrogen) atoms. The largest absolute Gasteiger partial charge is 0.390 e. The molecular formula is C20H35ClO. The third-order valence-corrected chi connectivity index (χ3v) is 7.17. The summed E-state index contributed by atoms with van der Waals surface area (Å²) in [7, 11) is 0. The van der Waals surface area contributed by atoms with Crippen molar-refractivity contribution in [3.05, 3.63) is 11.6 Å². The molecular weight excluding hydrogens is 292 g/mol. The molecule has 4 unspecified atom stereocenters. The Bertz CT molecular complexity index is 423. The Morgan fingerprint density at radius 1 is 1.18 bits per heavy atom. The molecule has 0 aromatic rings. The van der Waals surface area contributed by atoms with Gasteiger partial charge in [-0.25, -0.2) is 0 Å². The summed E-state index contributed by atoms with van der Waals surface area (Å²) in [6.45, 7) is 11.6. The van der Waals surface area contributed by atoms with Crippen molar-refractivity contribution >= 4 is 11.6 Å². The molecule has 2 saturated carbocycles. The highest BCUT2D eigenvalue weighted by Crippen LogP contribution is 2.62. The van der Waals surface area contributed by atoms with E-state index in [1.807, 2.05) is 0 Å². The first kappa shape index (κ1) is 18.3. The summed E-state index contributed by atoms with van der Waals surface area (Å²) in [6.07, 6.45) is 10.3. The highest BCUT2D eigenvalue weighted by molar-refractivity contribution is 6.18. The quantitative estimate of drug-likeness (QED) is 0.500. The molecule has 128 valence electrons. The molecule has 2 aliphatic rings. The van der Waals surface area contributed by atoms with Crippen molar-refractivity contribution in [1.82, 2.24) is 0 Å². The number of hydrogen-bond acceptors (Lipinski definition) is 1. The predicted octanol–water partition coefficient (Wildman–Crippen LogP) is 5.95. The lowest BCUT2D eigenvalue weighted by Crippen LogP contribution is -2.57. The Morgan fingerprint density at radius 3 is 2.50 bits per heavy atom. The van der Waals surface area contributed by atoms with Crippen LogP contribution in [0.3, 0.4) is 0 Å². The predicted molar refractivity (Wildman–Crippen MR) is 96.3 cm³/mol. The van der Waals surface area contributed by atoms with Crippen LogP contribution in [-0.4, -0.2) is 16.6 Å². The van der Waals surface area contributed by atoms with E-state index in [4.69, 9.17) is 11.6 Å². The van der Waals surface area contributed by atoms with Gasteiger partial charge in [0.1, 0.15) is 0 Å². The van der Waals surface area contributed by atoms with Crippen molar-refractivity contribution in [3.8, 4) is 0 Å². The van der Waals surface area contributed by atoms with Gasteiger partial charge in [0.25, 0.3) is 0 Å². The monoisotopic (exact) mass is 326 g/mol. The molecule has 1 nitrogen and oxygen atoms in total. The Kier molecular flexibility index (Phi) is 5.40. The van der Waals surface area contributed by atoms with Crippen LogP contribution in [0.25, 0.3) is 0 Å². The van der Waals surface area contributed by atoms with Gasteiger partial charge in [0.15, 0.2) is 0 Å². The maximum Gasteiger partial charge on any atom is 0.0653 e. The van der Waals surface area contributed by atoms with Crippen LogP contribution in [0, 0.1) is 22.7 Å². The third-order valence-electron chi connectivity index (χ3n) is 7.01. The van der Waals surface area contributed by atoms with Crippen LogP contribution in [0.4, 0.5) is 0 Å². The minimum Gasteiger partial charge on any atom is -0.390 e. The van der Waals surface area contributed by atoms with Crippen LogP contribution < -0.4 is 0 Å². The summed E-state index contributed by atoms with van der Waals surface area (Å²) in [4.78, 5) is 0. The molecule has 0 saturated heterocycles. The van der Waals surface area contributed by atoms with Crippen LogP contribution in [0.2, 0.25) is 0 Å². The second-order valence-corrected chi connectivity index (χ2v) is 9.40. The fourth-order valence-corrected chi connectivity index (χ4v) is 6.13. The minimum atomic E-state index is -0.514. The summed E-state index contributed by atoms with van der Waals surface area (Å²) < 4.78 is 0. The van der Waals surface area contributed by atoms with Gasteiger partial charge < -0.3 is 5.11 Å². The van der Waals surface area contributed by atoms with Gasteiger partial charge in [-0.2, -0.15) is 0 Å². The molecule has 0 heterocycles. The second kappa shape index (κ2) is 6.48. The van der Waals surface area contributed by atoms with Gasteiger partial charge in [-0.15, -0.1) is 11.6 Å². The molecule has 2 aliphatic carbocycles. The topological polar surface area (TPSA) is 20.2 Å². The third kappa shape index (κ3) is 3.41. The fourth-order valence-electron chi connectivity index (χ4n) is 5.87. The van der Waals surface area contributed by atoms with Crippen molar-refractivity contribution in [3.63, 3.8) is 0 Å². The molecule has 0 spiro atoms. The average molecular weight is 327 g/mol. The summed E-state index contributed by atoms with van der Waals surface area (Å²) in [5, 5.41) is 11.1. The normalized spacial score (nSPS) is 42.0. The first-order chi connectivity index (χ1) is 10.1. The van der Waals surface area contributed by atoms with Gasteiger partial charge in [0.05, 0.1) is 5.60 Å². The van der Waals surface area contributed by atoms with Gasteiger partial charge in [0.2, 0.25) is 0 Å². The van der Waals surface area contributed by atoms with E-state index in [0.717, 1.165) is 25.2 Å². The van der Waals surface area contributed by atoms with Crippen LogP contribution in [0.5, 0.6) is 0 Å². The van der Waals surface area contributed by atoms with E-state index in [9.17, 15) is 5.11 Å². The van der Waals surface area contributed by atoms with Crippen molar-refractivity contribution < 1.29 is 5.11 Å². The van der Waals surface area contributed by atoms with Crippen LogP contribution in [0.15, 0.2) is 11.6 Å². The molecule has 0 aliphatic heterocycles. The summed E-state index contributed by atoms with van der Waals surface area (Å²) in [5.41, 5.74) is 1.56. The van der Waals surface area contributed by atoms with Crippen molar-refractivity contribution in [1.29, 1.82) is 0 Å². The van der Waals surface area contributed by atoms with E-state index >= 15 is 0 Å². The molecule has 0 aromatic heterocycles. The molecule has 2 fully saturated rings. The Hall–Kier alpha value is -0.0100. The van der Waals surface area contributed by atoms with Crippen LogP contribution in [0.1, 0.15) is 79.6 Å². The van der Waals surface area contributed by atoms with Gasteiger partial charge in [-0.1, -0.05) is 38.8 Å². The number of halogens is 1. The zero-order valence-corrected chi connectivity index (χ0v) is 16.0. The maximum atomic E-state index is 11.1. The van der Waals surface area contributed by atoms with Gasteiger partial charge in [-0.3, -0.25) is 0 Å². The second-order valence-electron chi connectivity index (χ2n) is 9.09. The van der Waals surface area contributed by atoms with Gasteiger partial charge in [-0.05, 0) is 75.0 Å². The zero-order valence-electron chi connectivity index (χ0n) is 15.2. The van der Waals surface area contributed by atoms with Crippen molar-refractivity contribution in [2.24, 2.45) is 22.7 Å². The molecule has 2 heteroatoms. The number of allylic oxidation sites excluding steroid dienone is 2. The molecule has 0 bridgehead atoms. The van der Waals surface area contributed by atoms with E-state index in [1.54, 1.807) is 0 Å². The first-order valence-corrected chi connectivity index (χ1v) is 9.61. The lowest BCUT2D eigenvalue weighted by molar-refractivity contribution is -0.168. The van der Waals surface area contributed by atoms with Crippen LogP contribution >= 0.6 is 11.6 Å². The molecule has 2 rings (SSSR count). The SMILES string of the molecule is CC(=CCCl)CCC1C(C)(O)CCC2C(C)(C)CCCC21C. The smallest absolute Gasteiger partial charge is 0.0653 e. The number of rotatable bonds is 4. The lowest BCUT2D eigenvalue weighted by Gasteiger charge is -2.61. The van der Waals surface area contributed by atoms with Crippen molar-refractivity contribution in [2.75, 3.05) is 5.88 Å². The van der Waals surface area contributed by atoms with E-state index < -0.39 is 5.60 Å². The number of hydrogen-bond donors (Lipinski definition) is 1. The zero-order chi connectivity index (χ0) is 16.6. The number of aliphatic hydroxyl groups is 1. The van der Waals surface area contributed by atoms with E-state index in [-0.39, 0.29) is 5.41 Å². The summed E-state index contributed by atoms with van der Waals surface area (Å²) in [6, 6.07) is 0. The molecule has 0 aromatic carbocycles.